The van der Waals surface area contributed by atoms with Gasteiger partial charge in [-0.1, -0.05) is 47.8 Å². The molecule has 0 aromatic carbocycles. The quantitative estimate of drug-likeness (QED) is 0.550. The second-order valence-electron chi connectivity index (χ2n) is 4.13. The molecule has 3 atom stereocenters. The van der Waals surface area contributed by atoms with Gasteiger partial charge in [0.1, 0.15) is 0 Å². The molecule has 1 saturated carbocycles. The van der Waals surface area contributed by atoms with Gasteiger partial charge < -0.3 is 0 Å². The third kappa shape index (κ3) is 1.22. The maximum absolute atomic E-state index is 11.8. The van der Waals surface area contributed by atoms with E-state index in [-0.39, 0.29) is 4.32 Å². The van der Waals surface area contributed by atoms with Gasteiger partial charge in [0.2, 0.25) is 0 Å². The van der Waals surface area contributed by atoms with Crippen molar-refractivity contribution in [2.75, 3.05) is 0 Å². The van der Waals surface area contributed by atoms with Gasteiger partial charge in [-0.3, -0.25) is 4.79 Å². The molecule has 0 radical (unpaired) electrons. The van der Waals surface area contributed by atoms with E-state index in [0.29, 0.717) is 17.6 Å². The number of allylic oxidation sites excluding steroid dienone is 2. The van der Waals surface area contributed by atoms with E-state index >= 15 is 0 Å². The topological polar surface area (TPSA) is 17.1 Å². The molecule has 72 valence electrons. The molecule has 2 aliphatic rings. The summed E-state index contributed by atoms with van der Waals surface area (Å²) in [4.78, 5) is 11.8. The predicted octanol–water partition coefficient (Wildman–Crippen LogP) is 3.09. The normalized spacial score (nSPS) is 41.8. The van der Waals surface area contributed by atoms with Gasteiger partial charge in [-0.25, -0.2) is 0 Å². The summed E-state index contributed by atoms with van der Waals surface area (Å²) in [5.41, 5.74) is 0. The molecule has 0 aromatic rings. The molecule has 2 rings (SSSR count). The molecule has 0 aromatic heterocycles. The van der Waals surface area contributed by atoms with Gasteiger partial charge >= 0.3 is 0 Å². The standard InChI is InChI=1S/C11H15BrO/c1-2-3-7-11(12)9-6-4-5-8(9)10(11)13/h4,6,8-9H,2-3,5,7H2,1H3/t8-,9+,11+/m0/s1. The van der Waals surface area contributed by atoms with Gasteiger partial charge in [-0.05, 0) is 12.8 Å². The molecule has 2 aliphatic carbocycles. The number of Topliss-reactive ketones (excluding diaryl/α,β-unsaturated/α-hetero) is 1. The fraction of sp³-hybridized carbons (Fsp3) is 0.727. The Kier molecular flexibility index (Phi) is 2.35. The van der Waals surface area contributed by atoms with Crippen molar-refractivity contribution >= 4 is 21.7 Å². The van der Waals surface area contributed by atoms with Crippen molar-refractivity contribution in [3.05, 3.63) is 12.2 Å². The van der Waals surface area contributed by atoms with Crippen LogP contribution in [-0.2, 0) is 4.79 Å². The summed E-state index contributed by atoms with van der Waals surface area (Å²) in [6.07, 6.45) is 8.67. The van der Waals surface area contributed by atoms with E-state index in [2.05, 4.69) is 35.0 Å². The summed E-state index contributed by atoms with van der Waals surface area (Å²) in [6.45, 7) is 2.17. The number of fused-ring (bicyclic) bond motifs is 1. The van der Waals surface area contributed by atoms with E-state index in [9.17, 15) is 4.79 Å². The number of carbonyl (C=O) groups is 1. The highest BCUT2D eigenvalue weighted by atomic mass is 79.9. The highest BCUT2D eigenvalue weighted by Crippen LogP contribution is 2.54. The molecule has 2 heteroatoms. The maximum atomic E-state index is 11.8. The third-order valence-corrected chi connectivity index (χ3v) is 4.65. The van der Waals surface area contributed by atoms with E-state index < -0.39 is 0 Å². The van der Waals surface area contributed by atoms with E-state index in [4.69, 9.17) is 0 Å². The summed E-state index contributed by atoms with van der Waals surface area (Å²) in [5.74, 6) is 1.25. The zero-order chi connectivity index (χ0) is 9.47. The molecule has 0 heterocycles. The molecular weight excluding hydrogens is 228 g/mol. The molecule has 0 amide bonds. The second kappa shape index (κ2) is 3.23. The second-order valence-corrected chi connectivity index (χ2v) is 5.54. The molecule has 0 unspecified atom stereocenters. The number of carbonyl (C=O) groups excluding carboxylic acids is 1. The number of hydrogen-bond acceptors (Lipinski definition) is 1. The Hall–Kier alpha value is -0.110. The predicted molar refractivity (Wildman–Crippen MR) is 56.9 cm³/mol. The van der Waals surface area contributed by atoms with Gasteiger partial charge in [0.05, 0.1) is 4.32 Å². The minimum absolute atomic E-state index is 0.180. The summed E-state index contributed by atoms with van der Waals surface area (Å²) in [7, 11) is 0. The molecule has 0 bridgehead atoms. The van der Waals surface area contributed by atoms with Crippen LogP contribution in [0.25, 0.3) is 0 Å². The van der Waals surface area contributed by atoms with Crippen molar-refractivity contribution < 1.29 is 4.79 Å². The third-order valence-electron chi connectivity index (χ3n) is 3.34. The number of hydrogen-bond donors (Lipinski definition) is 0. The Morgan fingerprint density at radius 3 is 3.15 bits per heavy atom. The molecule has 1 nitrogen and oxygen atoms in total. The van der Waals surface area contributed by atoms with E-state index in [1.807, 2.05) is 0 Å². The smallest absolute Gasteiger partial charge is 0.154 e. The van der Waals surface area contributed by atoms with Crippen LogP contribution in [-0.4, -0.2) is 10.1 Å². The monoisotopic (exact) mass is 242 g/mol. The van der Waals surface area contributed by atoms with E-state index in [1.165, 1.54) is 6.42 Å². The van der Waals surface area contributed by atoms with Crippen molar-refractivity contribution in [1.29, 1.82) is 0 Å². The van der Waals surface area contributed by atoms with Crippen molar-refractivity contribution in [3.63, 3.8) is 0 Å². The maximum Gasteiger partial charge on any atom is 0.154 e. The largest absolute Gasteiger partial charge is 0.298 e. The zero-order valence-corrected chi connectivity index (χ0v) is 9.51. The van der Waals surface area contributed by atoms with Gasteiger partial charge in [-0.15, -0.1) is 0 Å². The van der Waals surface area contributed by atoms with Crippen LogP contribution >= 0.6 is 15.9 Å². The molecular formula is C11H15BrO. The van der Waals surface area contributed by atoms with Gasteiger partial charge in [0, 0.05) is 11.8 Å². The van der Waals surface area contributed by atoms with Crippen LogP contribution in [0.5, 0.6) is 0 Å². The van der Waals surface area contributed by atoms with E-state index in [0.717, 1.165) is 19.3 Å². The van der Waals surface area contributed by atoms with Gasteiger partial charge in [0.25, 0.3) is 0 Å². The number of halogens is 1. The highest BCUT2D eigenvalue weighted by Gasteiger charge is 2.59. The van der Waals surface area contributed by atoms with Crippen molar-refractivity contribution in [2.45, 2.75) is 36.9 Å². The lowest BCUT2D eigenvalue weighted by Crippen LogP contribution is -2.57. The first-order valence-electron chi connectivity index (χ1n) is 5.10. The summed E-state index contributed by atoms with van der Waals surface area (Å²) in [5, 5.41) is 0. The summed E-state index contributed by atoms with van der Waals surface area (Å²) in [6, 6.07) is 0. The van der Waals surface area contributed by atoms with Crippen LogP contribution in [0.15, 0.2) is 12.2 Å². The SMILES string of the molecule is CCCC[C@]1(Br)C(=O)[C@H]2CC=C[C@H]21. The minimum Gasteiger partial charge on any atom is -0.298 e. The minimum atomic E-state index is -0.180. The van der Waals surface area contributed by atoms with Crippen LogP contribution in [0.3, 0.4) is 0 Å². The molecule has 1 fully saturated rings. The first-order chi connectivity index (χ1) is 6.20. The van der Waals surface area contributed by atoms with Crippen molar-refractivity contribution in [3.8, 4) is 0 Å². The molecule has 13 heavy (non-hydrogen) atoms. The lowest BCUT2D eigenvalue weighted by molar-refractivity contribution is -0.136. The number of rotatable bonds is 3. The summed E-state index contributed by atoms with van der Waals surface area (Å²) < 4.78 is -0.180. The molecule has 0 saturated heterocycles. The van der Waals surface area contributed by atoms with Crippen LogP contribution in [0.1, 0.15) is 32.6 Å². The fourth-order valence-electron chi connectivity index (χ4n) is 2.49. The van der Waals surface area contributed by atoms with Crippen LogP contribution in [0.4, 0.5) is 0 Å². The lowest BCUT2D eigenvalue weighted by atomic mass is 9.63. The van der Waals surface area contributed by atoms with E-state index in [1.54, 1.807) is 0 Å². The Morgan fingerprint density at radius 1 is 1.69 bits per heavy atom. The Balaban J connectivity index is 2.06. The summed E-state index contributed by atoms with van der Waals surface area (Å²) >= 11 is 3.64. The number of ketones is 1. The average molecular weight is 243 g/mol. The molecule has 0 N–H and O–H groups in total. The Morgan fingerprint density at radius 2 is 2.46 bits per heavy atom. The first-order valence-corrected chi connectivity index (χ1v) is 5.89. The Bertz CT molecular complexity index is 259. The average Bonchev–Trinajstić information content (AvgIpc) is 2.59. The lowest BCUT2D eigenvalue weighted by Gasteiger charge is -2.46. The number of unbranched alkanes of at least 4 members (excludes halogenated alkanes) is 1. The fourth-order valence-corrected chi connectivity index (χ4v) is 3.54. The van der Waals surface area contributed by atoms with Crippen LogP contribution in [0, 0.1) is 11.8 Å². The first kappa shape index (κ1) is 9.45. The van der Waals surface area contributed by atoms with Crippen molar-refractivity contribution in [1.82, 2.24) is 0 Å². The van der Waals surface area contributed by atoms with Crippen LogP contribution in [0.2, 0.25) is 0 Å². The van der Waals surface area contributed by atoms with Gasteiger partial charge in [0.15, 0.2) is 5.78 Å². The highest BCUT2D eigenvalue weighted by molar-refractivity contribution is 9.10. The zero-order valence-electron chi connectivity index (χ0n) is 7.92. The molecule has 0 spiro atoms. The molecule has 0 aliphatic heterocycles. The number of alkyl halides is 1. The van der Waals surface area contributed by atoms with Crippen molar-refractivity contribution in [2.24, 2.45) is 11.8 Å². The van der Waals surface area contributed by atoms with Crippen LogP contribution < -0.4 is 0 Å². The van der Waals surface area contributed by atoms with Gasteiger partial charge in [-0.2, -0.15) is 0 Å². The Labute approximate surface area is 87.7 Å².